The number of para-hydroxylation sites is 1. The quantitative estimate of drug-likeness (QED) is 0.757. The molecule has 1 saturated heterocycles. The highest BCUT2D eigenvalue weighted by molar-refractivity contribution is 8.15. The first-order valence-corrected chi connectivity index (χ1v) is 10.2. The fourth-order valence-corrected chi connectivity index (χ4v) is 4.25. The predicted octanol–water partition coefficient (Wildman–Crippen LogP) is 3.48. The van der Waals surface area contributed by atoms with E-state index in [1.807, 2.05) is 18.2 Å². The molecule has 6 nitrogen and oxygen atoms in total. The van der Waals surface area contributed by atoms with Crippen LogP contribution in [0.5, 0.6) is 0 Å². The highest BCUT2D eigenvalue weighted by Gasteiger charge is 2.32. The number of aryl methyl sites for hydroxylation is 1. The van der Waals surface area contributed by atoms with Gasteiger partial charge >= 0.3 is 0 Å². The summed E-state index contributed by atoms with van der Waals surface area (Å²) in [6.45, 7) is 0. The Bertz CT molecular complexity index is 1020. The van der Waals surface area contributed by atoms with Crippen molar-refractivity contribution in [3.63, 3.8) is 0 Å². The van der Waals surface area contributed by atoms with Crippen LogP contribution < -0.4 is 10.6 Å². The number of halogens is 1. The lowest BCUT2D eigenvalue weighted by Crippen LogP contribution is -2.28. The Morgan fingerprint density at radius 1 is 1.14 bits per heavy atom. The lowest BCUT2D eigenvalue weighted by atomic mass is 9.90. The van der Waals surface area contributed by atoms with Crippen LogP contribution in [0.15, 0.2) is 58.7 Å². The number of benzene rings is 2. The zero-order valence-corrected chi connectivity index (χ0v) is 16.3. The van der Waals surface area contributed by atoms with Gasteiger partial charge in [0.15, 0.2) is 5.17 Å². The van der Waals surface area contributed by atoms with Crippen molar-refractivity contribution in [2.75, 3.05) is 5.32 Å². The molecule has 1 unspecified atom stereocenters. The van der Waals surface area contributed by atoms with Crippen molar-refractivity contribution in [3.05, 3.63) is 65.5 Å². The van der Waals surface area contributed by atoms with E-state index in [1.54, 1.807) is 12.1 Å². The number of carbonyl (C=O) groups excluding carboxylic acids is 2. The smallest absolute Gasteiger partial charge is 0.240 e. The minimum atomic E-state index is -0.626. The monoisotopic (exact) mass is 410 g/mol. The fraction of sp³-hybridized carbons (Fsp3) is 0.238. The van der Waals surface area contributed by atoms with Crippen LogP contribution in [-0.2, 0) is 16.0 Å². The van der Waals surface area contributed by atoms with E-state index in [2.05, 4.69) is 26.9 Å². The summed E-state index contributed by atoms with van der Waals surface area (Å²) in [6, 6.07) is 14.0. The molecule has 2 aliphatic rings. The number of hydrogen-bond donors (Lipinski definition) is 2. The Labute approximate surface area is 171 Å². The Balaban J connectivity index is 1.41. The van der Waals surface area contributed by atoms with Crippen LogP contribution in [-0.4, -0.2) is 27.9 Å². The SMILES string of the molecule is O=C(CC1S/C(=N\N=C2/CCCc3ccccc32)NC1=O)Nc1ccccc1F. The second-order valence-electron chi connectivity index (χ2n) is 6.79. The number of nitrogens with zero attached hydrogens (tertiary/aromatic N) is 2. The van der Waals surface area contributed by atoms with Gasteiger partial charge in [-0.25, -0.2) is 4.39 Å². The first-order valence-electron chi connectivity index (χ1n) is 9.35. The summed E-state index contributed by atoms with van der Waals surface area (Å²) in [5.41, 5.74) is 3.34. The molecule has 8 heteroatoms. The molecule has 2 N–H and O–H groups in total. The average molecular weight is 410 g/mol. The van der Waals surface area contributed by atoms with E-state index in [4.69, 9.17) is 0 Å². The van der Waals surface area contributed by atoms with Crippen molar-refractivity contribution < 1.29 is 14.0 Å². The molecule has 1 aliphatic heterocycles. The highest BCUT2D eigenvalue weighted by Crippen LogP contribution is 2.25. The van der Waals surface area contributed by atoms with Crippen LogP contribution in [0.25, 0.3) is 0 Å². The molecule has 2 aromatic carbocycles. The second-order valence-corrected chi connectivity index (χ2v) is 7.98. The lowest BCUT2D eigenvalue weighted by molar-refractivity contribution is -0.122. The van der Waals surface area contributed by atoms with E-state index < -0.39 is 17.0 Å². The number of rotatable bonds is 4. The van der Waals surface area contributed by atoms with E-state index in [0.29, 0.717) is 5.17 Å². The number of fused-ring (bicyclic) bond motifs is 1. The van der Waals surface area contributed by atoms with Crippen LogP contribution in [0.4, 0.5) is 10.1 Å². The largest absolute Gasteiger partial charge is 0.324 e. The van der Waals surface area contributed by atoms with Crippen molar-refractivity contribution in [1.29, 1.82) is 0 Å². The summed E-state index contributed by atoms with van der Waals surface area (Å²) < 4.78 is 13.7. The number of amidine groups is 1. The van der Waals surface area contributed by atoms with Gasteiger partial charge in [-0.1, -0.05) is 48.2 Å². The molecule has 0 bridgehead atoms. The van der Waals surface area contributed by atoms with Gasteiger partial charge < -0.3 is 10.6 Å². The molecule has 0 radical (unpaired) electrons. The Morgan fingerprint density at radius 3 is 2.79 bits per heavy atom. The zero-order valence-electron chi connectivity index (χ0n) is 15.5. The lowest BCUT2D eigenvalue weighted by Gasteiger charge is -2.16. The molecule has 1 atom stereocenters. The van der Waals surface area contributed by atoms with Gasteiger partial charge in [-0.05, 0) is 37.0 Å². The minimum absolute atomic E-state index is 0.0801. The summed E-state index contributed by atoms with van der Waals surface area (Å²) in [6.07, 6.45) is 2.79. The number of thioether (sulfide) groups is 1. The number of hydrogen-bond acceptors (Lipinski definition) is 5. The maximum absolute atomic E-state index is 13.7. The first-order chi connectivity index (χ1) is 14.1. The third kappa shape index (κ3) is 4.54. The number of carbonyl (C=O) groups is 2. The van der Waals surface area contributed by atoms with E-state index in [9.17, 15) is 14.0 Å². The third-order valence-electron chi connectivity index (χ3n) is 4.74. The molecule has 1 fully saturated rings. The molecule has 0 saturated carbocycles. The van der Waals surface area contributed by atoms with Gasteiger partial charge in [0.1, 0.15) is 11.1 Å². The van der Waals surface area contributed by atoms with Gasteiger partial charge in [0.05, 0.1) is 11.4 Å². The molecule has 4 rings (SSSR count). The van der Waals surface area contributed by atoms with E-state index in [0.717, 1.165) is 42.3 Å². The average Bonchev–Trinajstić information content (AvgIpc) is 3.07. The summed E-state index contributed by atoms with van der Waals surface area (Å²) in [5.74, 6) is -1.26. The fourth-order valence-electron chi connectivity index (χ4n) is 3.33. The van der Waals surface area contributed by atoms with Gasteiger partial charge in [0.25, 0.3) is 0 Å². The second kappa shape index (κ2) is 8.57. The standard InChI is InChI=1S/C21H19FN4O2S/c22-15-9-3-4-10-17(15)23-19(27)12-18-20(28)24-21(29-18)26-25-16-11-5-7-13-6-1-2-8-14(13)16/h1-4,6,8-10,18H,5,7,11-12H2,(H,23,27)(H,24,26,28)/b25-16+. The maximum Gasteiger partial charge on any atom is 0.240 e. The van der Waals surface area contributed by atoms with Crippen molar-refractivity contribution in [2.24, 2.45) is 10.2 Å². The summed E-state index contributed by atoms with van der Waals surface area (Å²) in [4.78, 5) is 24.4. The van der Waals surface area contributed by atoms with Gasteiger partial charge in [0.2, 0.25) is 11.8 Å². The van der Waals surface area contributed by atoms with Crippen molar-refractivity contribution in [1.82, 2.24) is 5.32 Å². The van der Waals surface area contributed by atoms with Gasteiger partial charge in [-0.15, -0.1) is 5.10 Å². The summed E-state index contributed by atoms with van der Waals surface area (Å²) in [7, 11) is 0. The molecule has 2 amide bonds. The van der Waals surface area contributed by atoms with Crippen LogP contribution in [0.3, 0.4) is 0 Å². The normalized spacial score (nSPS) is 21.1. The Morgan fingerprint density at radius 2 is 1.93 bits per heavy atom. The van der Waals surface area contributed by atoms with Gasteiger partial charge in [-0.3, -0.25) is 9.59 Å². The molecule has 1 aliphatic carbocycles. The Kier molecular flexibility index (Phi) is 5.71. The van der Waals surface area contributed by atoms with E-state index in [1.165, 1.54) is 17.7 Å². The molecule has 0 aromatic heterocycles. The van der Waals surface area contributed by atoms with Gasteiger partial charge in [-0.2, -0.15) is 5.10 Å². The number of nitrogens with one attached hydrogen (secondary N) is 2. The molecule has 2 aromatic rings. The third-order valence-corrected chi connectivity index (χ3v) is 5.82. The van der Waals surface area contributed by atoms with Crippen LogP contribution in [0.2, 0.25) is 0 Å². The molecular weight excluding hydrogens is 391 g/mol. The molecule has 0 spiro atoms. The summed E-state index contributed by atoms with van der Waals surface area (Å²) >= 11 is 1.16. The van der Waals surface area contributed by atoms with E-state index >= 15 is 0 Å². The molecule has 29 heavy (non-hydrogen) atoms. The van der Waals surface area contributed by atoms with Crippen LogP contribution in [0, 0.1) is 5.82 Å². The minimum Gasteiger partial charge on any atom is -0.324 e. The highest BCUT2D eigenvalue weighted by atomic mass is 32.2. The maximum atomic E-state index is 13.7. The zero-order chi connectivity index (χ0) is 20.2. The van der Waals surface area contributed by atoms with Crippen LogP contribution >= 0.6 is 11.8 Å². The molecular formula is C21H19FN4O2S. The number of amides is 2. The Hall–Kier alpha value is -3.00. The van der Waals surface area contributed by atoms with Crippen molar-refractivity contribution in [2.45, 2.75) is 30.9 Å². The van der Waals surface area contributed by atoms with Crippen molar-refractivity contribution in [3.8, 4) is 0 Å². The predicted molar refractivity (Wildman–Crippen MR) is 113 cm³/mol. The molecule has 1 heterocycles. The van der Waals surface area contributed by atoms with Gasteiger partial charge in [0, 0.05) is 12.0 Å². The molecule has 148 valence electrons. The van der Waals surface area contributed by atoms with E-state index in [-0.39, 0.29) is 18.0 Å². The number of anilines is 1. The van der Waals surface area contributed by atoms with Crippen LogP contribution in [0.1, 0.15) is 30.4 Å². The summed E-state index contributed by atoms with van der Waals surface area (Å²) in [5, 5.41) is 13.4. The first kappa shape index (κ1) is 19.3. The topological polar surface area (TPSA) is 82.9 Å². The van der Waals surface area contributed by atoms with Crippen molar-refractivity contribution >= 4 is 40.1 Å².